The number of fused-ring (bicyclic) bond motifs is 1. The summed E-state index contributed by atoms with van der Waals surface area (Å²) in [7, 11) is 0. The summed E-state index contributed by atoms with van der Waals surface area (Å²) in [6.45, 7) is 1.03. The summed E-state index contributed by atoms with van der Waals surface area (Å²) in [5, 5.41) is 6.61. The van der Waals surface area contributed by atoms with Gasteiger partial charge >= 0.3 is 0 Å². The summed E-state index contributed by atoms with van der Waals surface area (Å²) in [6, 6.07) is 2.08. The molecule has 0 atom stereocenters. The van der Waals surface area contributed by atoms with Gasteiger partial charge in [0.1, 0.15) is 17.0 Å². The van der Waals surface area contributed by atoms with E-state index in [1.54, 1.807) is 17.7 Å². The number of hydrogen-bond donors (Lipinski definition) is 1. The van der Waals surface area contributed by atoms with Crippen molar-refractivity contribution in [2.75, 3.05) is 11.9 Å². The number of anilines is 1. The van der Waals surface area contributed by atoms with Gasteiger partial charge in [0.2, 0.25) is 0 Å². The van der Waals surface area contributed by atoms with Gasteiger partial charge in [-0.15, -0.1) is 11.3 Å². The van der Waals surface area contributed by atoms with Gasteiger partial charge in [0.25, 0.3) is 0 Å². The van der Waals surface area contributed by atoms with E-state index in [4.69, 9.17) is 0 Å². The molecule has 15 heavy (non-hydrogen) atoms. The molecular weight excluding hydrogens is 206 g/mol. The second kappa shape index (κ2) is 3.77. The maximum Gasteiger partial charge on any atom is 0.138 e. The van der Waals surface area contributed by atoms with Gasteiger partial charge in [-0.3, -0.25) is 0 Å². The highest BCUT2D eigenvalue weighted by atomic mass is 32.1. The molecule has 3 rings (SSSR count). The van der Waals surface area contributed by atoms with Crippen LogP contribution in [0.15, 0.2) is 17.8 Å². The highest BCUT2D eigenvalue weighted by Crippen LogP contribution is 2.32. The van der Waals surface area contributed by atoms with Crippen LogP contribution in [-0.4, -0.2) is 16.5 Å². The van der Waals surface area contributed by atoms with E-state index in [2.05, 4.69) is 26.7 Å². The van der Waals surface area contributed by atoms with E-state index >= 15 is 0 Å². The topological polar surface area (TPSA) is 37.8 Å². The molecule has 0 radical (unpaired) electrons. The van der Waals surface area contributed by atoms with Crippen molar-refractivity contribution in [2.45, 2.75) is 19.3 Å². The summed E-state index contributed by atoms with van der Waals surface area (Å²) in [4.78, 5) is 9.57. The first-order valence-electron chi connectivity index (χ1n) is 5.35. The van der Waals surface area contributed by atoms with E-state index in [1.807, 2.05) is 0 Å². The fraction of sp³-hybridized carbons (Fsp3) is 0.455. The zero-order chi connectivity index (χ0) is 10.1. The Kier molecular flexibility index (Phi) is 2.29. The molecule has 0 amide bonds. The fourth-order valence-corrected chi connectivity index (χ4v) is 2.46. The predicted molar refractivity (Wildman–Crippen MR) is 63.2 cm³/mol. The lowest BCUT2D eigenvalue weighted by Gasteiger charge is -2.04. The van der Waals surface area contributed by atoms with Gasteiger partial charge in [0.15, 0.2) is 0 Å². The van der Waals surface area contributed by atoms with Gasteiger partial charge in [-0.25, -0.2) is 9.97 Å². The standard InChI is InChI=1S/C11H13N3S/c1-2-8(1)3-5-12-10-9-4-6-15-11(9)14-7-13-10/h4,6-8H,1-3,5H2,(H,12,13,14). The van der Waals surface area contributed by atoms with Gasteiger partial charge in [-0.05, 0) is 23.8 Å². The van der Waals surface area contributed by atoms with Gasteiger partial charge in [0.05, 0.1) is 5.39 Å². The molecule has 0 unspecified atom stereocenters. The van der Waals surface area contributed by atoms with Crippen LogP contribution in [0.2, 0.25) is 0 Å². The number of thiophene rings is 1. The van der Waals surface area contributed by atoms with E-state index in [1.165, 1.54) is 19.3 Å². The maximum atomic E-state index is 4.28. The molecule has 2 aromatic heterocycles. The van der Waals surface area contributed by atoms with Crippen LogP contribution in [0.25, 0.3) is 10.2 Å². The normalized spacial score (nSPS) is 15.7. The molecule has 0 spiro atoms. The van der Waals surface area contributed by atoms with E-state index in [9.17, 15) is 0 Å². The van der Waals surface area contributed by atoms with Crippen LogP contribution < -0.4 is 5.32 Å². The lowest BCUT2D eigenvalue weighted by Crippen LogP contribution is -2.04. The van der Waals surface area contributed by atoms with Crippen molar-refractivity contribution in [3.05, 3.63) is 17.8 Å². The Labute approximate surface area is 92.6 Å². The van der Waals surface area contributed by atoms with Crippen molar-refractivity contribution in [1.82, 2.24) is 9.97 Å². The van der Waals surface area contributed by atoms with Crippen molar-refractivity contribution in [3.63, 3.8) is 0 Å². The maximum absolute atomic E-state index is 4.28. The molecule has 0 aliphatic heterocycles. The number of aromatic nitrogens is 2. The first-order valence-corrected chi connectivity index (χ1v) is 6.23. The van der Waals surface area contributed by atoms with Crippen molar-refractivity contribution in [3.8, 4) is 0 Å². The Morgan fingerprint density at radius 3 is 3.20 bits per heavy atom. The van der Waals surface area contributed by atoms with E-state index in [0.717, 1.165) is 28.5 Å². The number of hydrogen-bond acceptors (Lipinski definition) is 4. The van der Waals surface area contributed by atoms with Crippen molar-refractivity contribution in [2.24, 2.45) is 5.92 Å². The second-order valence-electron chi connectivity index (χ2n) is 4.02. The van der Waals surface area contributed by atoms with Crippen molar-refractivity contribution in [1.29, 1.82) is 0 Å². The molecular formula is C11H13N3S. The van der Waals surface area contributed by atoms with Gasteiger partial charge in [0, 0.05) is 6.54 Å². The third kappa shape index (κ3) is 1.95. The zero-order valence-corrected chi connectivity index (χ0v) is 9.26. The largest absolute Gasteiger partial charge is 0.369 e. The SMILES string of the molecule is c1nc(NCCC2CC2)c2ccsc2n1. The number of rotatable bonds is 4. The molecule has 1 aliphatic carbocycles. The summed E-state index contributed by atoms with van der Waals surface area (Å²) >= 11 is 1.66. The first kappa shape index (κ1) is 9.09. The molecule has 4 heteroatoms. The van der Waals surface area contributed by atoms with Crippen LogP contribution in [0.3, 0.4) is 0 Å². The number of nitrogens with one attached hydrogen (secondary N) is 1. The van der Waals surface area contributed by atoms with Crippen molar-refractivity contribution < 1.29 is 0 Å². The molecule has 3 nitrogen and oxygen atoms in total. The lowest BCUT2D eigenvalue weighted by molar-refractivity contribution is 0.759. The van der Waals surface area contributed by atoms with Gasteiger partial charge in [-0.2, -0.15) is 0 Å². The predicted octanol–water partition coefficient (Wildman–Crippen LogP) is 2.90. The molecule has 1 N–H and O–H groups in total. The zero-order valence-electron chi connectivity index (χ0n) is 8.44. The van der Waals surface area contributed by atoms with E-state index in [-0.39, 0.29) is 0 Å². The minimum Gasteiger partial charge on any atom is -0.369 e. The Balaban J connectivity index is 1.74. The third-order valence-corrected chi connectivity index (χ3v) is 3.62. The van der Waals surface area contributed by atoms with Crippen LogP contribution in [0.4, 0.5) is 5.82 Å². The third-order valence-electron chi connectivity index (χ3n) is 2.80. The van der Waals surface area contributed by atoms with E-state index in [0.29, 0.717) is 0 Å². The van der Waals surface area contributed by atoms with Crippen LogP contribution in [0.5, 0.6) is 0 Å². The summed E-state index contributed by atoms with van der Waals surface area (Å²) in [6.07, 6.45) is 5.74. The minimum atomic E-state index is 0.970. The molecule has 1 saturated carbocycles. The smallest absolute Gasteiger partial charge is 0.138 e. The molecule has 0 aromatic carbocycles. The van der Waals surface area contributed by atoms with Crippen LogP contribution >= 0.6 is 11.3 Å². The minimum absolute atomic E-state index is 0.970. The number of nitrogens with zero attached hydrogens (tertiary/aromatic N) is 2. The summed E-state index contributed by atoms with van der Waals surface area (Å²) < 4.78 is 0. The summed E-state index contributed by atoms with van der Waals surface area (Å²) in [5.41, 5.74) is 0. The lowest BCUT2D eigenvalue weighted by atomic mass is 10.3. The molecule has 78 valence electrons. The highest BCUT2D eigenvalue weighted by Gasteiger charge is 2.20. The van der Waals surface area contributed by atoms with E-state index < -0.39 is 0 Å². The van der Waals surface area contributed by atoms with Crippen LogP contribution in [0, 0.1) is 5.92 Å². The van der Waals surface area contributed by atoms with Gasteiger partial charge in [-0.1, -0.05) is 12.8 Å². The summed E-state index contributed by atoms with van der Waals surface area (Å²) in [5.74, 6) is 1.96. The molecule has 2 heterocycles. The molecule has 0 saturated heterocycles. The Morgan fingerprint density at radius 1 is 1.40 bits per heavy atom. The first-order chi connectivity index (χ1) is 7.43. The van der Waals surface area contributed by atoms with Crippen molar-refractivity contribution >= 4 is 27.4 Å². The Morgan fingerprint density at radius 2 is 2.33 bits per heavy atom. The molecule has 1 aliphatic rings. The average molecular weight is 219 g/mol. The molecule has 1 fully saturated rings. The molecule has 0 bridgehead atoms. The Bertz CT molecular complexity index is 462. The second-order valence-corrected chi connectivity index (χ2v) is 4.92. The average Bonchev–Trinajstić information content (AvgIpc) is 2.95. The van der Waals surface area contributed by atoms with Gasteiger partial charge < -0.3 is 5.32 Å². The Hall–Kier alpha value is -1.16. The van der Waals surface area contributed by atoms with Crippen LogP contribution in [-0.2, 0) is 0 Å². The molecule has 2 aromatic rings. The van der Waals surface area contributed by atoms with Crippen LogP contribution in [0.1, 0.15) is 19.3 Å². The highest BCUT2D eigenvalue weighted by molar-refractivity contribution is 7.16. The monoisotopic (exact) mass is 219 g/mol. The quantitative estimate of drug-likeness (QED) is 0.859. The fourth-order valence-electron chi connectivity index (χ4n) is 1.73.